The van der Waals surface area contributed by atoms with Crippen molar-refractivity contribution >= 4 is 57.9 Å². The molecule has 3 aromatic rings. The van der Waals surface area contributed by atoms with Gasteiger partial charge in [0.2, 0.25) is 0 Å². The molecule has 10 heteroatoms. The fraction of sp³-hybridized carbons (Fsp3) is 0. The van der Waals surface area contributed by atoms with E-state index in [0.29, 0.717) is 32.9 Å². The molecule has 0 aromatic heterocycles. The molecular formula is C19H12Cl3N3O4. The van der Waals surface area contributed by atoms with Crippen LogP contribution in [0.3, 0.4) is 0 Å². The summed E-state index contributed by atoms with van der Waals surface area (Å²) in [6, 6.07) is 14.4. The normalized spacial score (nSPS) is 10.3. The first-order chi connectivity index (χ1) is 13.8. The van der Waals surface area contributed by atoms with Gasteiger partial charge in [-0.1, -0.05) is 34.8 Å². The third-order valence-corrected chi connectivity index (χ3v) is 4.68. The average Bonchev–Trinajstić information content (AvgIpc) is 2.67. The van der Waals surface area contributed by atoms with E-state index in [9.17, 15) is 14.9 Å². The molecule has 0 spiro atoms. The number of hydrogen-bond acceptors (Lipinski definition) is 4. The Morgan fingerprint density at radius 1 is 0.828 bits per heavy atom. The molecule has 0 unspecified atom stereocenters. The zero-order valence-corrected chi connectivity index (χ0v) is 16.8. The maximum absolute atomic E-state index is 12.1. The van der Waals surface area contributed by atoms with Gasteiger partial charge in [0.25, 0.3) is 5.69 Å². The van der Waals surface area contributed by atoms with Crippen molar-refractivity contribution in [1.82, 2.24) is 0 Å². The molecule has 0 radical (unpaired) electrons. The Labute approximate surface area is 180 Å². The maximum atomic E-state index is 12.1. The third-order valence-electron chi connectivity index (χ3n) is 3.64. The molecule has 3 aromatic carbocycles. The summed E-state index contributed by atoms with van der Waals surface area (Å²) in [7, 11) is 0. The van der Waals surface area contributed by atoms with Crippen molar-refractivity contribution in [3.63, 3.8) is 0 Å². The van der Waals surface area contributed by atoms with E-state index in [4.69, 9.17) is 39.5 Å². The number of urea groups is 1. The van der Waals surface area contributed by atoms with E-state index in [-0.39, 0.29) is 10.7 Å². The van der Waals surface area contributed by atoms with Gasteiger partial charge in [0, 0.05) is 29.6 Å². The van der Waals surface area contributed by atoms with Gasteiger partial charge < -0.3 is 15.4 Å². The highest BCUT2D eigenvalue weighted by Crippen LogP contribution is 2.34. The zero-order valence-electron chi connectivity index (χ0n) is 14.5. The quantitative estimate of drug-likeness (QED) is 0.322. The Bertz CT molecular complexity index is 1070. The fourth-order valence-corrected chi connectivity index (χ4v) is 2.80. The number of amides is 2. The lowest BCUT2D eigenvalue weighted by Gasteiger charge is -2.11. The van der Waals surface area contributed by atoms with Gasteiger partial charge in [-0.15, -0.1) is 0 Å². The molecule has 0 atom stereocenters. The molecule has 0 saturated carbocycles. The first kappa shape index (κ1) is 20.7. The average molecular weight is 453 g/mol. The lowest BCUT2D eigenvalue weighted by atomic mass is 10.3. The topological polar surface area (TPSA) is 93.5 Å². The minimum absolute atomic E-state index is 0.0692. The number of hydrogen-bond donors (Lipinski definition) is 2. The SMILES string of the molecule is O=C(Nc1ccc([N+](=O)[O-])cc1)Nc1ccc(Oc2ccc(Cl)c(Cl)c2)c(Cl)c1. The Morgan fingerprint density at radius 3 is 2.10 bits per heavy atom. The van der Waals surface area contributed by atoms with Crippen LogP contribution in [0.5, 0.6) is 11.5 Å². The number of carbonyl (C=O) groups excluding carboxylic acids is 1. The summed E-state index contributed by atoms with van der Waals surface area (Å²) in [5, 5.41) is 16.9. The van der Waals surface area contributed by atoms with Crippen molar-refractivity contribution in [1.29, 1.82) is 0 Å². The van der Waals surface area contributed by atoms with Crippen molar-refractivity contribution in [3.8, 4) is 11.5 Å². The lowest BCUT2D eigenvalue weighted by Crippen LogP contribution is -2.19. The summed E-state index contributed by atoms with van der Waals surface area (Å²) in [5.41, 5.74) is 0.759. The number of ether oxygens (including phenoxy) is 1. The summed E-state index contributed by atoms with van der Waals surface area (Å²) in [6.07, 6.45) is 0. The molecule has 0 bridgehead atoms. The van der Waals surface area contributed by atoms with Crippen LogP contribution in [-0.2, 0) is 0 Å². The Kier molecular flexibility index (Phi) is 6.43. The summed E-state index contributed by atoms with van der Waals surface area (Å²) in [5.74, 6) is 0.823. The summed E-state index contributed by atoms with van der Waals surface area (Å²) in [4.78, 5) is 22.2. The molecule has 2 N–H and O–H groups in total. The molecule has 0 fully saturated rings. The Balaban J connectivity index is 1.64. The van der Waals surface area contributed by atoms with E-state index >= 15 is 0 Å². The number of rotatable bonds is 5. The molecule has 0 heterocycles. The molecule has 148 valence electrons. The van der Waals surface area contributed by atoms with Crippen molar-refractivity contribution in [3.05, 3.63) is 85.8 Å². The molecule has 3 rings (SSSR count). The number of nitro groups is 1. The third kappa shape index (κ3) is 5.51. The minimum atomic E-state index is -0.534. The largest absolute Gasteiger partial charge is 0.456 e. The van der Waals surface area contributed by atoms with Gasteiger partial charge in [-0.3, -0.25) is 10.1 Å². The number of halogens is 3. The van der Waals surface area contributed by atoms with Gasteiger partial charge in [0.15, 0.2) is 0 Å². The van der Waals surface area contributed by atoms with Gasteiger partial charge >= 0.3 is 6.03 Å². The predicted molar refractivity (Wildman–Crippen MR) is 114 cm³/mol. The summed E-state index contributed by atoms with van der Waals surface area (Å²) in [6.45, 7) is 0. The smallest absolute Gasteiger partial charge is 0.323 e. The van der Waals surface area contributed by atoms with E-state index < -0.39 is 11.0 Å². The standard InChI is InChI=1S/C19H12Cl3N3O4/c20-15-7-6-14(10-16(15)21)29-18-8-3-12(9-17(18)22)24-19(26)23-11-1-4-13(5-2-11)25(27)28/h1-10H,(H2,23,24,26). The molecular weight excluding hydrogens is 441 g/mol. The van der Waals surface area contributed by atoms with Crippen LogP contribution in [0.2, 0.25) is 15.1 Å². The number of benzene rings is 3. The monoisotopic (exact) mass is 451 g/mol. The summed E-state index contributed by atoms with van der Waals surface area (Å²) < 4.78 is 5.67. The van der Waals surface area contributed by atoms with Crippen LogP contribution in [0, 0.1) is 10.1 Å². The molecule has 0 aliphatic carbocycles. The molecule has 0 aliphatic rings. The van der Waals surface area contributed by atoms with Gasteiger partial charge in [-0.2, -0.15) is 0 Å². The van der Waals surface area contributed by atoms with Crippen LogP contribution < -0.4 is 15.4 Å². The van der Waals surface area contributed by atoms with E-state index in [0.717, 1.165) is 0 Å². The second-order valence-corrected chi connectivity index (χ2v) is 6.93. The number of nitrogens with one attached hydrogen (secondary N) is 2. The zero-order chi connectivity index (χ0) is 21.0. The highest BCUT2D eigenvalue weighted by atomic mass is 35.5. The molecule has 0 saturated heterocycles. The minimum Gasteiger partial charge on any atom is -0.456 e. The number of nitro benzene ring substituents is 1. The highest BCUT2D eigenvalue weighted by Gasteiger charge is 2.10. The second kappa shape index (κ2) is 9.00. The Hall–Kier alpha value is -3.00. The van der Waals surface area contributed by atoms with Crippen molar-refractivity contribution in [2.24, 2.45) is 0 Å². The van der Waals surface area contributed by atoms with E-state index in [2.05, 4.69) is 10.6 Å². The Morgan fingerprint density at radius 2 is 1.48 bits per heavy atom. The second-order valence-electron chi connectivity index (χ2n) is 5.71. The fourth-order valence-electron chi connectivity index (χ4n) is 2.29. The highest BCUT2D eigenvalue weighted by molar-refractivity contribution is 6.42. The van der Waals surface area contributed by atoms with Crippen LogP contribution in [-0.4, -0.2) is 11.0 Å². The number of anilines is 2. The van der Waals surface area contributed by atoms with Crippen LogP contribution in [0.15, 0.2) is 60.7 Å². The van der Waals surface area contributed by atoms with Crippen molar-refractivity contribution in [2.75, 3.05) is 10.6 Å². The first-order valence-corrected chi connectivity index (χ1v) is 9.20. The van der Waals surface area contributed by atoms with Crippen LogP contribution in [0.1, 0.15) is 0 Å². The number of carbonyl (C=O) groups is 1. The van der Waals surface area contributed by atoms with Gasteiger partial charge in [-0.05, 0) is 42.5 Å². The van der Waals surface area contributed by atoms with Gasteiger partial charge in [0.05, 0.1) is 20.0 Å². The van der Waals surface area contributed by atoms with Crippen LogP contribution >= 0.6 is 34.8 Å². The van der Waals surface area contributed by atoms with E-state index in [1.807, 2.05) is 0 Å². The predicted octanol–water partition coefficient (Wildman–Crippen LogP) is 6.99. The first-order valence-electron chi connectivity index (χ1n) is 8.07. The maximum Gasteiger partial charge on any atom is 0.323 e. The van der Waals surface area contributed by atoms with E-state index in [1.54, 1.807) is 30.3 Å². The van der Waals surface area contributed by atoms with E-state index in [1.165, 1.54) is 30.3 Å². The molecule has 29 heavy (non-hydrogen) atoms. The lowest BCUT2D eigenvalue weighted by molar-refractivity contribution is -0.384. The van der Waals surface area contributed by atoms with Crippen LogP contribution in [0.25, 0.3) is 0 Å². The molecule has 2 amide bonds. The van der Waals surface area contributed by atoms with Gasteiger partial charge in [0.1, 0.15) is 11.5 Å². The van der Waals surface area contributed by atoms with Crippen molar-refractivity contribution < 1.29 is 14.5 Å². The van der Waals surface area contributed by atoms with Gasteiger partial charge in [-0.25, -0.2) is 4.79 Å². The van der Waals surface area contributed by atoms with Crippen LogP contribution in [0.4, 0.5) is 21.9 Å². The number of nitrogens with zero attached hydrogens (tertiary/aromatic N) is 1. The molecule has 0 aliphatic heterocycles. The molecule has 7 nitrogen and oxygen atoms in total. The summed E-state index contributed by atoms with van der Waals surface area (Å²) >= 11 is 18.1. The number of non-ortho nitro benzene ring substituents is 1. The van der Waals surface area contributed by atoms with Crippen molar-refractivity contribution in [2.45, 2.75) is 0 Å².